The number of nitrogens with zero attached hydrogens (tertiary/aromatic N) is 2. The molecule has 3 aromatic rings. The number of hydrogen-bond donors (Lipinski definition) is 2. The Labute approximate surface area is 140 Å². The lowest BCUT2D eigenvalue weighted by Gasteiger charge is -2.13. The van der Waals surface area contributed by atoms with E-state index in [2.05, 4.69) is 15.6 Å². The predicted octanol–water partition coefficient (Wildman–Crippen LogP) is 3.61. The first-order valence-corrected chi connectivity index (χ1v) is 7.62. The molecule has 1 aromatic heterocycles. The van der Waals surface area contributed by atoms with Crippen LogP contribution in [0.4, 0.5) is 16.2 Å². The molecule has 0 aliphatic carbocycles. The summed E-state index contributed by atoms with van der Waals surface area (Å²) in [6.45, 7) is 1.17. The molecular formula is C18H18N4O2. The zero-order valence-electron chi connectivity index (χ0n) is 13.1. The highest BCUT2D eigenvalue weighted by Gasteiger charge is 2.07. The molecule has 0 aliphatic rings. The number of rotatable bonds is 6. The molecule has 2 aromatic carbocycles. The molecule has 0 aliphatic heterocycles. The summed E-state index contributed by atoms with van der Waals surface area (Å²) in [4.78, 5) is 16.1. The SMILES string of the molecule is O=C(Nc1ccccc1)Nc1ccccc1OCCn1ccnc1. The Morgan fingerprint density at radius 1 is 1.04 bits per heavy atom. The number of urea groups is 1. The Balaban J connectivity index is 1.58. The molecular weight excluding hydrogens is 304 g/mol. The van der Waals surface area contributed by atoms with Gasteiger partial charge in [0.05, 0.1) is 18.6 Å². The van der Waals surface area contributed by atoms with Crippen LogP contribution in [0, 0.1) is 0 Å². The first-order valence-electron chi connectivity index (χ1n) is 7.62. The van der Waals surface area contributed by atoms with Crippen LogP contribution in [-0.2, 0) is 6.54 Å². The van der Waals surface area contributed by atoms with Crippen molar-refractivity contribution in [3.8, 4) is 5.75 Å². The van der Waals surface area contributed by atoms with E-state index in [4.69, 9.17) is 4.74 Å². The van der Waals surface area contributed by atoms with Gasteiger partial charge in [-0.25, -0.2) is 9.78 Å². The largest absolute Gasteiger partial charge is 0.490 e. The van der Waals surface area contributed by atoms with Gasteiger partial charge in [0.1, 0.15) is 12.4 Å². The van der Waals surface area contributed by atoms with Crippen molar-refractivity contribution in [2.45, 2.75) is 6.54 Å². The van der Waals surface area contributed by atoms with Crippen molar-refractivity contribution in [1.29, 1.82) is 0 Å². The van der Waals surface area contributed by atoms with Crippen LogP contribution in [0.25, 0.3) is 0 Å². The molecule has 2 N–H and O–H groups in total. The average Bonchev–Trinajstić information content (AvgIpc) is 3.11. The fourth-order valence-electron chi connectivity index (χ4n) is 2.18. The fourth-order valence-corrected chi connectivity index (χ4v) is 2.18. The second-order valence-electron chi connectivity index (χ2n) is 5.09. The topological polar surface area (TPSA) is 68.2 Å². The van der Waals surface area contributed by atoms with Gasteiger partial charge in [0, 0.05) is 18.1 Å². The highest BCUT2D eigenvalue weighted by atomic mass is 16.5. The third kappa shape index (κ3) is 4.36. The van der Waals surface area contributed by atoms with Gasteiger partial charge in [-0.15, -0.1) is 0 Å². The van der Waals surface area contributed by atoms with Gasteiger partial charge in [0.25, 0.3) is 0 Å². The third-order valence-electron chi connectivity index (χ3n) is 3.33. The molecule has 0 saturated carbocycles. The van der Waals surface area contributed by atoms with Gasteiger partial charge < -0.3 is 19.9 Å². The number of amides is 2. The lowest BCUT2D eigenvalue weighted by Crippen LogP contribution is -2.20. The zero-order valence-corrected chi connectivity index (χ0v) is 13.1. The molecule has 0 radical (unpaired) electrons. The average molecular weight is 322 g/mol. The Kier molecular flexibility index (Phi) is 5.09. The van der Waals surface area contributed by atoms with Crippen LogP contribution in [0.3, 0.4) is 0 Å². The smallest absolute Gasteiger partial charge is 0.323 e. The van der Waals surface area contributed by atoms with E-state index in [9.17, 15) is 4.79 Å². The summed E-state index contributed by atoms with van der Waals surface area (Å²) < 4.78 is 7.70. The van der Waals surface area contributed by atoms with Crippen molar-refractivity contribution in [3.63, 3.8) is 0 Å². The lowest BCUT2D eigenvalue weighted by atomic mass is 10.3. The van der Waals surface area contributed by atoms with Gasteiger partial charge in [0.2, 0.25) is 0 Å². The maximum Gasteiger partial charge on any atom is 0.323 e. The van der Waals surface area contributed by atoms with Crippen LogP contribution in [-0.4, -0.2) is 22.2 Å². The number of carbonyl (C=O) groups excluding carboxylic acids is 1. The van der Waals surface area contributed by atoms with Gasteiger partial charge in [-0.3, -0.25) is 0 Å². The van der Waals surface area contributed by atoms with Crippen LogP contribution >= 0.6 is 0 Å². The van der Waals surface area contributed by atoms with E-state index in [0.29, 0.717) is 24.6 Å². The van der Waals surface area contributed by atoms with E-state index in [1.807, 2.05) is 59.3 Å². The lowest BCUT2D eigenvalue weighted by molar-refractivity contribution is 0.261. The van der Waals surface area contributed by atoms with Crippen LogP contribution in [0.15, 0.2) is 73.3 Å². The number of para-hydroxylation sites is 3. The van der Waals surface area contributed by atoms with Crippen molar-refractivity contribution in [1.82, 2.24) is 9.55 Å². The molecule has 0 fully saturated rings. The summed E-state index contributed by atoms with van der Waals surface area (Å²) in [6.07, 6.45) is 5.34. The summed E-state index contributed by atoms with van der Waals surface area (Å²) in [5.74, 6) is 0.626. The molecule has 0 bridgehead atoms. The number of ether oxygens (including phenoxy) is 1. The molecule has 0 unspecified atom stereocenters. The highest BCUT2D eigenvalue weighted by Crippen LogP contribution is 2.24. The maximum atomic E-state index is 12.1. The van der Waals surface area contributed by atoms with Crippen molar-refractivity contribution in [3.05, 3.63) is 73.3 Å². The van der Waals surface area contributed by atoms with E-state index in [-0.39, 0.29) is 6.03 Å². The Morgan fingerprint density at radius 2 is 1.83 bits per heavy atom. The van der Waals surface area contributed by atoms with Gasteiger partial charge in [-0.1, -0.05) is 30.3 Å². The number of hydrogen-bond acceptors (Lipinski definition) is 3. The Morgan fingerprint density at radius 3 is 2.62 bits per heavy atom. The van der Waals surface area contributed by atoms with Crippen LogP contribution < -0.4 is 15.4 Å². The number of aromatic nitrogens is 2. The van der Waals surface area contributed by atoms with Crippen LogP contribution in [0.5, 0.6) is 5.75 Å². The number of imidazole rings is 1. The summed E-state index contributed by atoms with van der Waals surface area (Å²) >= 11 is 0. The monoisotopic (exact) mass is 322 g/mol. The predicted molar refractivity (Wildman–Crippen MR) is 93.2 cm³/mol. The molecule has 0 atom stereocenters. The Hall–Kier alpha value is -3.28. The fraction of sp³-hybridized carbons (Fsp3) is 0.111. The molecule has 6 heteroatoms. The van der Waals surface area contributed by atoms with Gasteiger partial charge in [-0.05, 0) is 24.3 Å². The number of nitrogens with one attached hydrogen (secondary N) is 2. The van der Waals surface area contributed by atoms with E-state index in [0.717, 1.165) is 5.69 Å². The van der Waals surface area contributed by atoms with Crippen molar-refractivity contribution < 1.29 is 9.53 Å². The minimum Gasteiger partial charge on any atom is -0.490 e. The second kappa shape index (κ2) is 7.82. The zero-order chi connectivity index (χ0) is 16.6. The highest BCUT2D eigenvalue weighted by molar-refractivity contribution is 6.00. The first-order chi connectivity index (χ1) is 11.8. The van der Waals surface area contributed by atoms with E-state index >= 15 is 0 Å². The summed E-state index contributed by atoms with van der Waals surface area (Å²) in [5, 5.41) is 5.59. The Bertz CT molecular complexity index is 773. The number of carbonyl (C=O) groups is 1. The van der Waals surface area contributed by atoms with Crippen molar-refractivity contribution in [2.24, 2.45) is 0 Å². The summed E-state index contributed by atoms with van der Waals surface area (Å²) in [6, 6.07) is 16.3. The molecule has 0 spiro atoms. The first kappa shape index (κ1) is 15.6. The van der Waals surface area contributed by atoms with Gasteiger partial charge >= 0.3 is 6.03 Å². The third-order valence-corrected chi connectivity index (χ3v) is 3.33. The van der Waals surface area contributed by atoms with Crippen LogP contribution in [0.1, 0.15) is 0 Å². The normalized spacial score (nSPS) is 10.2. The van der Waals surface area contributed by atoms with E-state index in [1.54, 1.807) is 18.6 Å². The number of anilines is 2. The maximum absolute atomic E-state index is 12.1. The van der Waals surface area contributed by atoms with E-state index < -0.39 is 0 Å². The minimum absolute atomic E-state index is 0.313. The molecule has 24 heavy (non-hydrogen) atoms. The van der Waals surface area contributed by atoms with Crippen molar-refractivity contribution in [2.75, 3.05) is 17.2 Å². The standard InChI is InChI=1S/C18H18N4O2/c23-18(20-15-6-2-1-3-7-15)21-16-8-4-5-9-17(16)24-13-12-22-11-10-19-14-22/h1-11,14H,12-13H2,(H2,20,21,23). The van der Waals surface area contributed by atoms with Crippen molar-refractivity contribution >= 4 is 17.4 Å². The molecule has 3 rings (SSSR count). The van der Waals surface area contributed by atoms with Crippen LogP contribution in [0.2, 0.25) is 0 Å². The second-order valence-corrected chi connectivity index (χ2v) is 5.09. The molecule has 2 amide bonds. The van der Waals surface area contributed by atoms with Gasteiger partial charge in [-0.2, -0.15) is 0 Å². The molecule has 6 nitrogen and oxygen atoms in total. The van der Waals surface area contributed by atoms with Gasteiger partial charge in [0.15, 0.2) is 0 Å². The molecule has 0 saturated heterocycles. The minimum atomic E-state index is -0.313. The number of benzene rings is 2. The molecule has 122 valence electrons. The summed E-state index contributed by atoms with van der Waals surface area (Å²) in [5.41, 5.74) is 1.35. The quantitative estimate of drug-likeness (QED) is 0.728. The van der Waals surface area contributed by atoms with E-state index in [1.165, 1.54) is 0 Å². The molecule has 1 heterocycles. The summed E-state index contributed by atoms with van der Waals surface area (Å²) in [7, 11) is 0.